The van der Waals surface area contributed by atoms with Gasteiger partial charge in [0.25, 0.3) is 0 Å². The number of carbonyl (C=O) groups is 2. The van der Waals surface area contributed by atoms with Crippen LogP contribution >= 0.6 is 0 Å². The first-order valence-corrected chi connectivity index (χ1v) is 19.2. The van der Waals surface area contributed by atoms with Gasteiger partial charge in [-0.25, -0.2) is 18.0 Å². The standard InChI is InChI=1S/C36H62O7S.Na/c1-3-5-7-9-11-13-15-17-19-21-23-25-27-42-35(37)32-29-33(31-34(30-32)44(39,40)41)36(38)43-28-26-24-22-20-18-16-14-12-10-8-6-4-2;/h29-31H,3-28H2,1-2H3,(H,39,40,41);/q;+1/p-1. The molecule has 45 heavy (non-hydrogen) atoms. The van der Waals surface area contributed by atoms with Crippen LogP contribution in [0.5, 0.6) is 0 Å². The first-order chi connectivity index (χ1) is 21.3. The zero-order valence-electron chi connectivity index (χ0n) is 28.9. The number of hydrogen-bond donors (Lipinski definition) is 0. The summed E-state index contributed by atoms with van der Waals surface area (Å²) in [6.45, 7) is 4.86. The predicted octanol–water partition coefficient (Wildman–Crippen LogP) is 7.31. The topological polar surface area (TPSA) is 110 Å². The fourth-order valence-corrected chi connectivity index (χ4v) is 5.90. The summed E-state index contributed by atoms with van der Waals surface area (Å²) >= 11 is 0. The van der Waals surface area contributed by atoms with Crippen molar-refractivity contribution in [3.63, 3.8) is 0 Å². The first-order valence-electron chi connectivity index (χ1n) is 17.7. The van der Waals surface area contributed by atoms with E-state index >= 15 is 0 Å². The Balaban J connectivity index is 0.0000194. The van der Waals surface area contributed by atoms with E-state index in [9.17, 15) is 22.6 Å². The van der Waals surface area contributed by atoms with Gasteiger partial charge in [-0.1, -0.05) is 155 Å². The van der Waals surface area contributed by atoms with Gasteiger partial charge in [-0.15, -0.1) is 0 Å². The van der Waals surface area contributed by atoms with E-state index < -0.39 is 27.0 Å². The Morgan fingerprint density at radius 2 is 0.778 bits per heavy atom. The number of hydrogen-bond acceptors (Lipinski definition) is 7. The van der Waals surface area contributed by atoms with E-state index in [0.29, 0.717) is 12.8 Å². The molecule has 7 nitrogen and oxygen atoms in total. The average Bonchev–Trinajstić information content (AvgIpc) is 3.00. The van der Waals surface area contributed by atoms with Gasteiger partial charge in [0.05, 0.1) is 29.2 Å². The predicted molar refractivity (Wildman–Crippen MR) is 177 cm³/mol. The van der Waals surface area contributed by atoms with Gasteiger partial charge in [0.2, 0.25) is 0 Å². The summed E-state index contributed by atoms with van der Waals surface area (Å²) in [6.07, 6.45) is 28.6. The zero-order valence-corrected chi connectivity index (χ0v) is 31.7. The maximum absolute atomic E-state index is 12.6. The van der Waals surface area contributed by atoms with Crippen LogP contribution in [0.25, 0.3) is 0 Å². The van der Waals surface area contributed by atoms with Gasteiger partial charge < -0.3 is 14.0 Å². The van der Waals surface area contributed by atoms with Crippen molar-refractivity contribution in [1.29, 1.82) is 0 Å². The van der Waals surface area contributed by atoms with E-state index in [0.717, 1.165) is 50.7 Å². The van der Waals surface area contributed by atoms with E-state index in [1.165, 1.54) is 109 Å². The van der Waals surface area contributed by atoms with Crippen LogP contribution in [-0.4, -0.2) is 38.1 Å². The van der Waals surface area contributed by atoms with Crippen LogP contribution in [0.3, 0.4) is 0 Å². The summed E-state index contributed by atoms with van der Waals surface area (Å²) in [5.74, 6) is -1.51. The van der Waals surface area contributed by atoms with E-state index in [-0.39, 0.29) is 53.9 Å². The number of benzene rings is 1. The van der Waals surface area contributed by atoms with Gasteiger partial charge in [-0.2, -0.15) is 0 Å². The third kappa shape index (κ3) is 24.0. The molecule has 0 aliphatic rings. The van der Waals surface area contributed by atoms with E-state index in [2.05, 4.69) is 13.8 Å². The molecule has 0 spiro atoms. The molecule has 0 aliphatic carbocycles. The van der Waals surface area contributed by atoms with Gasteiger partial charge in [0.1, 0.15) is 10.1 Å². The molecular weight excluding hydrogens is 599 g/mol. The van der Waals surface area contributed by atoms with Crippen LogP contribution in [0.1, 0.15) is 189 Å². The van der Waals surface area contributed by atoms with E-state index in [1.807, 2.05) is 0 Å². The summed E-state index contributed by atoms with van der Waals surface area (Å²) in [7, 11) is -4.88. The second-order valence-corrected chi connectivity index (χ2v) is 13.6. The van der Waals surface area contributed by atoms with Gasteiger partial charge in [0, 0.05) is 0 Å². The zero-order chi connectivity index (χ0) is 32.3. The maximum atomic E-state index is 12.6. The summed E-state index contributed by atoms with van der Waals surface area (Å²) in [5, 5.41) is 0. The molecule has 0 atom stereocenters. The van der Waals surface area contributed by atoms with Crippen molar-refractivity contribution in [2.75, 3.05) is 13.2 Å². The van der Waals surface area contributed by atoms with Gasteiger partial charge in [0.15, 0.2) is 0 Å². The van der Waals surface area contributed by atoms with Gasteiger partial charge in [-0.3, -0.25) is 0 Å². The molecule has 1 aromatic rings. The van der Waals surface area contributed by atoms with E-state index in [4.69, 9.17) is 9.47 Å². The van der Waals surface area contributed by atoms with Gasteiger partial charge in [-0.05, 0) is 31.0 Å². The molecule has 0 amide bonds. The minimum absolute atomic E-state index is 0. The number of unbranched alkanes of at least 4 members (excludes halogenated alkanes) is 22. The summed E-state index contributed by atoms with van der Waals surface area (Å²) in [5.41, 5.74) is -0.281. The van der Waals surface area contributed by atoms with Crippen LogP contribution in [0.2, 0.25) is 0 Å². The SMILES string of the molecule is CCCCCCCCCCCCCCOC(=O)c1cc(C(=O)OCCCCCCCCCCCCCC)cc(S(=O)(=O)[O-])c1.[Na+]. The minimum Gasteiger partial charge on any atom is -0.744 e. The Hall–Kier alpha value is -0.930. The number of ether oxygens (including phenoxy) is 2. The van der Waals surface area contributed by atoms with Crippen LogP contribution in [-0.2, 0) is 19.6 Å². The fraction of sp³-hybridized carbons (Fsp3) is 0.778. The molecule has 0 bridgehead atoms. The third-order valence-electron chi connectivity index (χ3n) is 8.13. The summed E-state index contributed by atoms with van der Waals surface area (Å²) in [6, 6.07) is 3.17. The van der Waals surface area contributed by atoms with Crippen molar-refractivity contribution in [3.8, 4) is 0 Å². The summed E-state index contributed by atoms with van der Waals surface area (Å²) in [4.78, 5) is 24.6. The molecule has 0 saturated carbocycles. The second-order valence-electron chi connectivity index (χ2n) is 12.3. The number of rotatable bonds is 29. The Morgan fingerprint density at radius 1 is 0.511 bits per heavy atom. The molecule has 0 heterocycles. The van der Waals surface area contributed by atoms with Crippen molar-refractivity contribution in [3.05, 3.63) is 29.3 Å². The largest absolute Gasteiger partial charge is 1.00 e. The van der Waals surface area contributed by atoms with Crippen LogP contribution < -0.4 is 29.6 Å². The quantitative estimate of drug-likeness (QED) is 0.0384. The third-order valence-corrected chi connectivity index (χ3v) is 8.94. The molecule has 0 unspecified atom stereocenters. The Bertz CT molecular complexity index is 937. The molecule has 0 aromatic heterocycles. The second kappa shape index (κ2) is 29.2. The molecule has 0 N–H and O–H groups in total. The Labute approximate surface area is 297 Å². The average molecular weight is 661 g/mol. The smallest absolute Gasteiger partial charge is 0.744 e. The fourth-order valence-electron chi connectivity index (χ4n) is 5.36. The van der Waals surface area contributed by atoms with Crippen molar-refractivity contribution in [2.45, 2.75) is 173 Å². The molecule has 1 rings (SSSR count). The molecule has 0 radical (unpaired) electrons. The Morgan fingerprint density at radius 3 is 1.04 bits per heavy atom. The number of esters is 2. The van der Waals surface area contributed by atoms with E-state index in [1.54, 1.807) is 0 Å². The molecule has 1 aromatic carbocycles. The van der Waals surface area contributed by atoms with Crippen molar-refractivity contribution in [1.82, 2.24) is 0 Å². The van der Waals surface area contributed by atoms with Gasteiger partial charge >= 0.3 is 41.5 Å². The van der Waals surface area contributed by atoms with Crippen LogP contribution in [0.4, 0.5) is 0 Å². The molecular formula is C36H61NaO7S. The first kappa shape index (κ1) is 44.1. The normalized spacial score (nSPS) is 11.3. The van der Waals surface area contributed by atoms with Crippen LogP contribution in [0, 0.1) is 0 Å². The molecule has 0 aliphatic heterocycles. The Kier molecular flexibility index (Phi) is 28.6. The number of carbonyl (C=O) groups excluding carboxylic acids is 2. The van der Waals surface area contributed by atoms with Crippen molar-refractivity contribution >= 4 is 22.1 Å². The van der Waals surface area contributed by atoms with Crippen molar-refractivity contribution < 1.29 is 61.6 Å². The molecule has 0 fully saturated rings. The maximum Gasteiger partial charge on any atom is 1.00 e. The monoisotopic (exact) mass is 660 g/mol. The molecule has 254 valence electrons. The molecule has 9 heteroatoms. The van der Waals surface area contributed by atoms with Crippen LogP contribution in [0.15, 0.2) is 23.1 Å². The molecule has 0 saturated heterocycles. The minimum atomic E-state index is -4.88. The summed E-state index contributed by atoms with van der Waals surface area (Å²) < 4.78 is 45.7. The van der Waals surface area contributed by atoms with Crippen molar-refractivity contribution in [2.24, 2.45) is 0 Å².